The van der Waals surface area contributed by atoms with Crippen LogP contribution in [0.2, 0.25) is 0 Å². The van der Waals surface area contributed by atoms with Gasteiger partial charge in [0.1, 0.15) is 0 Å². The maximum Gasteiger partial charge on any atom is 0.0903 e. The molecule has 1 atom stereocenters. The van der Waals surface area contributed by atoms with Gasteiger partial charge in [0.2, 0.25) is 0 Å². The predicted octanol–water partition coefficient (Wildman–Crippen LogP) is 1.02. The first-order chi connectivity index (χ1) is 6.95. The van der Waals surface area contributed by atoms with E-state index in [0.29, 0.717) is 12.5 Å². The lowest BCUT2D eigenvalue weighted by Crippen LogP contribution is -2.13. The van der Waals surface area contributed by atoms with Crippen LogP contribution < -0.4 is 5.32 Å². The second kappa shape index (κ2) is 6.71. The van der Waals surface area contributed by atoms with Gasteiger partial charge in [0.05, 0.1) is 25.1 Å². The molecule has 1 saturated heterocycles. The van der Waals surface area contributed by atoms with Crippen LogP contribution in [-0.4, -0.2) is 29.7 Å². The van der Waals surface area contributed by atoms with Crippen LogP contribution in [0.25, 0.3) is 0 Å². The first-order valence-electron chi connectivity index (χ1n) is 4.98. The predicted molar refractivity (Wildman–Crippen MR) is 59.9 cm³/mol. The number of halogens is 1. The third-order valence-electron chi connectivity index (χ3n) is 2.38. The molecule has 5 heteroatoms. The summed E-state index contributed by atoms with van der Waals surface area (Å²) in [5.41, 5.74) is 0.901. The van der Waals surface area contributed by atoms with E-state index < -0.39 is 0 Å². The molecular formula is C10H16ClN3O. The van der Waals surface area contributed by atoms with Crippen LogP contribution in [0.4, 0.5) is 0 Å². The second-order valence-corrected chi connectivity index (χ2v) is 3.57. The average Bonchev–Trinajstić information content (AvgIpc) is 2.72. The Bertz CT molecular complexity index is 265. The lowest BCUT2D eigenvalue weighted by Gasteiger charge is -2.08. The van der Waals surface area contributed by atoms with Gasteiger partial charge >= 0.3 is 0 Å². The summed E-state index contributed by atoms with van der Waals surface area (Å²) in [7, 11) is 0. The number of nitrogens with one attached hydrogen (secondary N) is 1. The van der Waals surface area contributed by atoms with Gasteiger partial charge in [-0.25, -0.2) is 0 Å². The molecule has 0 aromatic carbocycles. The molecule has 1 N–H and O–H groups in total. The minimum absolute atomic E-state index is 0. The minimum Gasteiger partial charge on any atom is -0.375 e. The number of hydrogen-bond donors (Lipinski definition) is 1. The Hall–Kier alpha value is -0.710. The Morgan fingerprint density at radius 2 is 2.40 bits per heavy atom. The lowest BCUT2D eigenvalue weighted by molar-refractivity contribution is 0.0900. The molecule has 0 amide bonds. The van der Waals surface area contributed by atoms with Crippen LogP contribution in [-0.2, 0) is 11.3 Å². The molecule has 0 spiro atoms. The van der Waals surface area contributed by atoms with E-state index in [0.717, 1.165) is 25.4 Å². The normalized spacial score (nSPS) is 19.9. The number of rotatable bonds is 4. The highest BCUT2D eigenvalue weighted by Gasteiger charge is 2.13. The molecule has 15 heavy (non-hydrogen) atoms. The van der Waals surface area contributed by atoms with Gasteiger partial charge in [0.25, 0.3) is 0 Å². The molecule has 0 aliphatic carbocycles. The molecule has 0 saturated carbocycles. The molecule has 1 aromatic heterocycles. The summed E-state index contributed by atoms with van der Waals surface area (Å²) < 4.78 is 5.56. The fourth-order valence-electron chi connectivity index (χ4n) is 1.59. The average molecular weight is 230 g/mol. The van der Waals surface area contributed by atoms with Crippen LogP contribution >= 0.6 is 12.4 Å². The Labute approximate surface area is 95.9 Å². The first kappa shape index (κ1) is 12.4. The second-order valence-electron chi connectivity index (χ2n) is 3.57. The van der Waals surface area contributed by atoms with Crippen LogP contribution in [0, 0.1) is 5.92 Å². The molecule has 2 heterocycles. The Kier molecular flexibility index (Phi) is 5.53. The summed E-state index contributed by atoms with van der Waals surface area (Å²) in [4.78, 5) is 8.12. The summed E-state index contributed by atoms with van der Waals surface area (Å²) in [5, 5.41) is 3.31. The molecule has 4 nitrogen and oxygen atoms in total. The Morgan fingerprint density at radius 3 is 3.07 bits per heavy atom. The van der Waals surface area contributed by atoms with Gasteiger partial charge in [-0.15, -0.1) is 12.4 Å². The molecule has 1 fully saturated rings. The number of hydrogen-bond acceptors (Lipinski definition) is 4. The number of nitrogens with zero attached hydrogens (tertiary/aromatic N) is 2. The van der Waals surface area contributed by atoms with Gasteiger partial charge in [0, 0.05) is 18.9 Å². The molecule has 1 unspecified atom stereocenters. The van der Waals surface area contributed by atoms with Crippen molar-refractivity contribution in [2.24, 2.45) is 5.92 Å². The summed E-state index contributed by atoms with van der Waals surface area (Å²) in [6.45, 7) is 3.60. The molecule has 0 bridgehead atoms. The molecule has 84 valence electrons. The van der Waals surface area contributed by atoms with Crippen LogP contribution in [0.1, 0.15) is 12.1 Å². The number of aromatic nitrogens is 2. The first-order valence-corrected chi connectivity index (χ1v) is 4.98. The fraction of sp³-hybridized carbons (Fsp3) is 0.600. The standard InChI is InChI=1S/C10H15N3O.ClH/c1-2-11-5-9(1)7-14-8-10-6-12-3-4-13-10;/h3-4,6,9,11H,1-2,5,7-8H2;1H. The van der Waals surface area contributed by atoms with Gasteiger partial charge in [-0.2, -0.15) is 0 Å². The van der Waals surface area contributed by atoms with E-state index in [9.17, 15) is 0 Å². The van der Waals surface area contributed by atoms with E-state index in [4.69, 9.17) is 4.74 Å². The van der Waals surface area contributed by atoms with Crippen molar-refractivity contribution in [2.75, 3.05) is 19.7 Å². The summed E-state index contributed by atoms with van der Waals surface area (Å²) in [5.74, 6) is 0.673. The smallest absolute Gasteiger partial charge is 0.0903 e. The number of ether oxygens (including phenoxy) is 1. The van der Waals surface area contributed by atoms with Gasteiger partial charge < -0.3 is 10.1 Å². The SMILES string of the molecule is Cl.c1cnc(COCC2CCNC2)cn1. The zero-order valence-electron chi connectivity index (χ0n) is 8.56. The zero-order chi connectivity index (χ0) is 9.64. The topological polar surface area (TPSA) is 47.0 Å². The fourth-order valence-corrected chi connectivity index (χ4v) is 1.59. The summed E-state index contributed by atoms with van der Waals surface area (Å²) in [6.07, 6.45) is 6.33. The monoisotopic (exact) mass is 229 g/mol. The van der Waals surface area contributed by atoms with Gasteiger partial charge in [0.15, 0.2) is 0 Å². The van der Waals surface area contributed by atoms with Crippen LogP contribution in [0.3, 0.4) is 0 Å². The highest BCUT2D eigenvalue weighted by atomic mass is 35.5. The molecular weight excluding hydrogens is 214 g/mol. The molecule has 1 aliphatic rings. The summed E-state index contributed by atoms with van der Waals surface area (Å²) >= 11 is 0. The van der Waals surface area contributed by atoms with Crippen molar-refractivity contribution < 1.29 is 4.74 Å². The van der Waals surface area contributed by atoms with E-state index in [2.05, 4.69) is 15.3 Å². The Balaban J connectivity index is 0.00000112. The maximum absolute atomic E-state index is 5.56. The van der Waals surface area contributed by atoms with E-state index in [-0.39, 0.29) is 12.4 Å². The largest absolute Gasteiger partial charge is 0.375 e. The molecule has 2 rings (SSSR count). The van der Waals surface area contributed by atoms with E-state index in [1.54, 1.807) is 18.6 Å². The van der Waals surface area contributed by atoms with E-state index in [1.165, 1.54) is 6.42 Å². The van der Waals surface area contributed by atoms with Gasteiger partial charge in [-0.3, -0.25) is 9.97 Å². The van der Waals surface area contributed by atoms with Crippen molar-refractivity contribution in [3.8, 4) is 0 Å². The van der Waals surface area contributed by atoms with Crippen LogP contribution in [0.5, 0.6) is 0 Å². The molecule has 0 radical (unpaired) electrons. The third-order valence-corrected chi connectivity index (χ3v) is 2.38. The van der Waals surface area contributed by atoms with Crippen molar-refractivity contribution in [1.29, 1.82) is 0 Å². The van der Waals surface area contributed by atoms with E-state index in [1.807, 2.05) is 0 Å². The maximum atomic E-state index is 5.56. The van der Waals surface area contributed by atoms with Gasteiger partial charge in [-0.1, -0.05) is 0 Å². The van der Waals surface area contributed by atoms with Crippen molar-refractivity contribution in [2.45, 2.75) is 13.0 Å². The highest BCUT2D eigenvalue weighted by molar-refractivity contribution is 5.85. The zero-order valence-corrected chi connectivity index (χ0v) is 9.37. The van der Waals surface area contributed by atoms with Crippen molar-refractivity contribution >= 4 is 12.4 Å². The van der Waals surface area contributed by atoms with Crippen LogP contribution in [0.15, 0.2) is 18.6 Å². The van der Waals surface area contributed by atoms with Crippen molar-refractivity contribution in [3.63, 3.8) is 0 Å². The summed E-state index contributed by atoms with van der Waals surface area (Å²) in [6, 6.07) is 0. The molecule has 1 aromatic rings. The lowest BCUT2D eigenvalue weighted by atomic mass is 10.1. The molecule has 1 aliphatic heterocycles. The van der Waals surface area contributed by atoms with Gasteiger partial charge in [-0.05, 0) is 18.9 Å². The third kappa shape index (κ3) is 4.11. The minimum atomic E-state index is 0. The van der Waals surface area contributed by atoms with E-state index >= 15 is 0 Å². The van der Waals surface area contributed by atoms with Crippen molar-refractivity contribution in [3.05, 3.63) is 24.3 Å². The highest BCUT2D eigenvalue weighted by Crippen LogP contribution is 2.08. The Morgan fingerprint density at radius 1 is 1.47 bits per heavy atom. The van der Waals surface area contributed by atoms with Crippen molar-refractivity contribution in [1.82, 2.24) is 15.3 Å². The quantitative estimate of drug-likeness (QED) is 0.838.